The van der Waals surface area contributed by atoms with E-state index in [1.54, 1.807) is 18.2 Å². The number of rotatable bonds is 8. The highest BCUT2D eigenvalue weighted by Gasteiger charge is 2.20. The SMILES string of the molecule is C=CCOC(=O)NC(CC(=O)O)c1ccc(OC)c(OC)c1. The first-order chi connectivity index (χ1) is 10.5. The van der Waals surface area contributed by atoms with Gasteiger partial charge in [0, 0.05) is 0 Å². The van der Waals surface area contributed by atoms with Crippen LogP contribution in [0.15, 0.2) is 30.9 Å². The second-order valence-corrected chi connectivity index (χ2v) is 4.30. The largest absolute Gasteiger partial charge is 0.493 e. The summed E-state index contributed by atoms with van der Waals surface area (Å²) in [5.74, 6) is -0.102. The first kappa shape index (κ1) is 17.4. The van der Waals surface area contributed by atoms with Crippen molar-refractivity contribution in [2.75, 3.05) is 20.8 Å². The van der Waals surface area contributed by atoms with Crippen LogP contribution in [-0.2, 0) is 9.53 Å². The van der Waals surface area contributed by atoms with E-state index in [0.29, 0.717) is 17.1 Å². The molecule has 0 aromatic heterocycles. The number of benzene rings is 1. The van der Waals surface area contributed by atoms with Gasteiger partial charge in [-0.15, -0.1) is 0 Å². The van der Waals surface area contributed by atoms with Crippen LogP contribution >= 0.6 is 0 Å². The molecular weight excluding hydrogens is 290 g/mol. The van der Waals surface area contributed by atoms with Crippen LogP contribution in [0.2, 0.25) is 0 Å². The molecule has 120 valence electrons. The number of hydrogen-bond acceptors (Lipinski definition) is 5. The van der Waals surface area contributed by atoms with E-state index in [9.17, 15) is 9.59 Å². The Labute approximate surface area is 128 Å². The van der Waals surface area contributed by atoms with Crippen molar-refractivity contribution in [3.8, 4) is 11.5 Å². The maximum Gasteiger partial charge on any atom is 0.407 e. The van der Waals surface area contributed by atoms with Gasteiger partial charge in [0.1, 0.15) is 6.61 Å². The van der Waals surface area contributed by atoms with Crippen LogP contribution in [0.5, 0.6) is 11.5 Å². The number of alkyl carbamates (subject to hydrolysis) is 1. The van der Waals surface area contributed by atoms with Gasteiger partial charge in [0.2, 0.25) is 0 Å². The molecule has 1 aromatic carbocycles. The summed E-state index contributed by atoms with van der Waals surface area (Å²) < 4.78 is 15.1. The van der Waals surface area contributed by atoms with Gasteiger partial charge in [-0.05, 0) is 17.7 Å². The minimum absolute atomic E-state index is 0.0392. The standard InChI is InChI=1S/C15H19NO6/c1-4-7-22-15(19)16-11(9-14(17)18)10-5-6-12(20-2)13(8-10)21-3/h4-6,8,11H,1,7,9H2,2-3H3,(H,16,19)(H,17,18). The summed E-state index contributed by atoms with van der Waals surface area (Å²) in [6.45, 7) is 3.47. The number of carboxylic acids is 1. The summed E-state index contributed by atoms with van der Waals surface area (Å²) in [5, 5.41) is 11.5. The van der Waals surface area contributed by atoms with Gasteiger partial charge < -0.3 is 24.6 Å². The molecular formula is C15H19NO6. The second-order valence-electron chi connectivity index (χ2n) is 4.30. The Morgan fingerprint density at radius 2 is 2.00 bits per heavy atom. The lowest BCUT2D eigenvalue weighted by Gasteiger charge is -2.18. The Morgan fingerprint density at radius 1 is 1.32 bits per heavy atom. The third-order valence-electron chi connectivity index (χ3n) is 2.81. The van der Waals surface area contributed by atoms with Crippen LogP contribution in [0.4, 0.5) is 4.79 Å². The minimum Gasteiger partial charge on any atom is -0.493 e. The van der Waals surface area contributed by atoms with Crippen LogP contribution in [-0.4, -0.2) is 38.0 Å². The van der Waals surface area contributed by atoms with E-state index in [1.165, 1.54) is 20.3 Å². The van der Waals surface area contributed by atoms with Gasteiger partial charge in [-0.25, -0.2) is 4.79 Å². The summed E-state index contributed by atoms with van der Waals surface area (Å²) in [4.78, 5) is 22.6. The molecule has 0 aliphatic carbocycles. The van der Waals surface area contributed by atoms with E-state index in [1.807, 2.05) is 0 Å². The molecule has 0 fully saturated rings. The van der Waals surface area contributed by atoms with Crippen molar-refractivity contribution in [3.05, 3.63) is 36.4 Å². The summed E-state index contributed by atoms with van der Waals surface area (Å²) in [6, 6.07) is 4.15. The normalized spacial score (nSPS) is 11.2. The van der Waals surface area contributed by atoms with Crippen LogP contribution < -0.4 is 14.8 Å². The molecule has 0 bridgehead atoms. The molecule has 7 nitrogen and oxygen atoms in total. The van der Waals surface area contributed by atoms with Gasteiger partial charge in [-0.2, -0.15) is 0 Å². The van der Waals surface area contributed by atoms with Gasteiger partial charge >= 0.3 is 12.1 Å². The molecule has 2 N–H and O–H groups in total. The number of aliphatic carboxylic acids is 1. The Morgan fingerprint density at radius 3 is 2.55 bits per heavy atom. The quantitative estimate of drug-likeness (QED) is 0.714. The van der Waals surface area contributed by atoms with E-state index in [-0.39, 0.29) is 13.0 Å². The first-order valence-electron chi connectivity index (χ1n) is 6.49. The first-order valence-corrected chi connectivity index (χ1v) is 6.49. The summed E-state index contributed by atoms with van der Waals surface area (Å²) in [6.07, 6.45) is 0.405. The fourth-order valence-electron chi connectivity index (χ4n) is 1.81. The highest BCUT2D eigenvalue weighted by Crippen LogP contribution is 2.30. The zero-order valence-electron chi connectivity index (χ0n) is 12.5. The number of carbonyl (C=O) groups is 2. The maximum atomic E-state index is 11.6. The van der Waals surface area contributed by atoms with Crippen molar-refractivity contribution in [2.24, 2.45) is 0 Å². The molecule has 0 saturated carbocycles. The second kappa shape index (κ2) is 8.56. The summed E-state index contributed by atoms with van der Waals surface area (Å²) in [5.41, 5.74) is 0.565. The Balaban J connectivity index is 2.98. The topological polar surface area (TPSA) is 94.1 Å². The zero-order valence-corrected chi connectivity index (χ0v) is 12.5. The number of hydrogen-bond donors (Lipinski definition) is 2. The third-order valence-corrected chi connectivity index (χ3v) is 2.81. The van der Waals surface area contributed by atoms with E-state index in [4.69, 9.17) is 19.3 Å². The number of amides is 1. The maximum absolute atomic E-state index is 11.6. The number of ether oxygens (including phenoxy) is 3. The lowest BCUT2D eigenvalue weighted by Crippen LogP contribution is -2.30. The molecule has 0 radical (unpaired) electrons. The molecule has 0 aliphatic heterocycles. The number of methoxy groups -OCH3 is 2. The van der Waals surface area contributed by atoms with Gasteiger partial charge in [0.25, 0.3) is 0 Å². The fourth-order valence-corrected chi connectivity index (χ4v) is 1.81. The van der Waals surface area contributed by atoms with Crippen molar-refractivity contribution in [3.63, 3.8) is 0 Å². The Kier molecular flexibility index (Phi) is 6.75. The lowest BCUT2D eigenvalue weighted by molar-refractivity contribution is -0.137. The molecule has 1 rings (SSSR count). The number of carboxylic acid groups (broad SMARTS) is 1. The van der Waals surface area contributed by atoms with Crippen molar-refractivity contribution in [2.45, 2.75) is 12.5 Å². The molecule has 22 heavy (non-hydrogen) atoms. The fraction of sp³-hybridized carbons (Fsp3) is 0.333. The van der Waals surface area contributed by atoms with Gasteiger partial charge in [-0.3, -0.25) is 4.79 Å². The van der Waals surface area contributed by atoms with Gasteiger partial charge in [-0.1, -0.05) is 18.7 Å². The van der Waals surface area contributed by atoms with E-state index >= 15 is 0 Å². The highest BCUT2D eigenvalue weighted by molar-refractivity contribution is 5.72. The minimum atomic E-state index is -1.05. The predicted molar refractivity (Wildman–Crippen MR) is 79.2 cm³/mol. The number of carbonyl (C=O) groups excluding carboxylic acids is 1. The summed E-state index contributed by atoms with van der Waals surface area (Å²) in [7, 11) is 2.97. The third kappa shape index (κ3) is 5.01. The van der Waals surface area contributed by atoms with Gasteiger partial charge in [0.05, 0.1) is 26.7 Å². The smallest absolute Gasteiger partial charge is 0.407 e. The highest BCUT2D eigenvalue weighted by atomic mass is 16.5. The molecule has 1 atom stereocenters. The molecule has 1 amide bonds. The van der Waals surface area contributed by atoms with Crippen molar-refractivity contribution < 1.29 is 28.9 Å². The van der Waals surface area contributed by atoms with Crippen molar-refractivity contribution >= 4 is 12.1 Å². The van der Waals surface area contributed by atoms with E-state index < -0.39 is 18.1 Å². The number of nitrogens with one attached hydrogen (secondary N) is 1. The van der Waals surface area contributed by atoms with Crippen molar-refractivity contribution in [1.82, 2.24) is 5.32 Å². The molecule has 1 aromatic rings. The molecule has 0 heterocycles. The van der Waals surface area contributed by atoms with Crippen LogP contribution in [0.3, 0.4) is 0 Å². The molecule has 1 unspecified atom stereocenters. The van der Waals surface area contributed by atoms with Gasteiger partial charge in [0.15, 0.2) is 11.5 Å². The Bertz CT molecular complexity index is 543. The summed E-state index contributed by atoms with van der Waals surface area (Å²) >= 11 is 0. The Hall–Kier alpha value is -2.70. The predicted octanol–water partition coefficient (Wildman–Crippen LogP) is 2.13. The molecule has 7 heteroatoms. The molecule has 0 saturated heterocycles. The zero-order chi connectivity index (χ0) is 16.5. The lowest BCUT2D eigenvalue weighted by atomic mass is 10.0. The van der Waals surface area contributed by atoms with Crippen LogP contribution in [0.1, 0.15) is 18.0 Å². The van der Waals surface area contributed by atoms with Crippen LogP contribution in [0.25, 0.3) is 0 Å². The molecule has 0 aliphatic rings. The van der Waals surface area contributed by atoms with E-state index in [0.717, 1.165) is 0 Å². The average molecular weight is 309 g/mol. The average Bonchev–Trinajstić information content (AvgIpc) is 2.51. The monoisotopic (exact) mass is 309 g/mol. The van der Waals surface area contributed by atoms with Crippen molar-refractivity contribution in [1.29, 1.82) is 0 Å². The molecule has 0 spiro atoms. The van der Waals surface area contributed by atoms with Crippen LogP contribution in [0, 0.1) is 0 Å². The van der Waals surface area contributed by atoms with E-state index in [2.05, 4.69) is 11.9 Å².